The van der Waals surface area contributed by atoms with Crippen LogP contribution in [0.1, 0.15) is 80.4 Å². The van der Waals surface area contributed by atoms with E-state index in [0.29, 0.717) is 88.8 Å². The van der Waals surface area contributed by atoms with E-state index in [4.69, 9.17) is 23.7 Å². The van der Waals surface area contributed by atoms with Gasteiger partial charge in [0.05, 0.1) is 78.5 Å². The zero-order valence-electron chi connectivity index (χ0n) is 39.9. The number of carboxylic acids is 1. The molecule has 0 bridgehead atoms. The van der Waals surface area contributed by atoms with Crippen LogP contribution < -0.4 is 26.6 Å². The van der Waals surface area contributed by atoms with E-state index in [9.17, 15) is 29.1 Å². The molecule has 1 aromatic heterocycles. The maximum atomic E-state index is 13.9. The number of hydrogen-bond acceptors (Lipinski definition) is 12. The molecule has 4 rings (SSSR count). The van der Waals surface area contributed by atoms with Gasteiger partial charge in [-0.05, 0) is 83.3 Å². The summed E-state index contributed by atoms with van der Waals surface area (Å²) in [6.07, 6.45) is 3.49. The van der Waals surface area contributed by atoms with Crippen LogP contribution in [-0.2, 0) is 42.9 Å². The predicted octanol–water partition coefficient (Wildman–Crippen LogP) is 5.60. The number of benzene rings is 3. The number of anilines is 1. The molecule has 17 nitrogen and oxygen atoms in total. The van der Waals surface area contributed by atoms with Gasteiger partial charge in [-0.2, -0.15) is 0 Å². The lowest BCUT2D eigenvalue weighted by atomic mass is 9.93. The normalized spacial score (nSPS) is 12.1. The maximum Gasteiger partial charge on any atom is 0.305 e. The molecule has 0 fully saturated rings. The van der Waals surface area contributed by atoms with Gasteiger partial charge in [0, 0.05) is 37.9 Å². The van der Waals surface area contributed by atoms with E-state index in [2.05, 4.69) is 38.5 Å². The molecule has 4 amide bonds. The van der Waals surface area contributed by atoms with Crippen molar-refractivity contribution in [1.29, 1.82) is 0 Å². The molecule has 68 heavy (non-hydrogen) atoms. The molecule has 0 saturated heterocycles. The number of hydrogen-bond donors (Lipinski definition) is 6. The molecule has 4 aromatic rings. The Balaban J connectivity index is 1.25. The number of nitrogens with one attached hydrogen (secondary N) is 5. The van der Waals surface area contributed by atoms with Crippen LogP contribution in [0.25, 0.3) is 21.9 Å². The van der Waals surface area contributed by atoms with Gasteiger partial charge in [0.2, 0.25) is 17.7 Å². The third kappa shape index (κ3) is 20.5. The highest BCUT2D eigenvalue weighted by Crippen LogP contribution is 2.32. The Hall–Kier alpha value is -5.98. The Morgan fingerprint density at radius 3 is 1.94 bits per heavy atom. The van der Waals surface area contributed by atoms with Crippen molar-refractivity contribution < 1.29 is 52.8 Å². The van der Waals surface area contributed by atoms with Crippen molar-refractivity contribution in [3.05, 3.63) is 95.7 Å². The standard InChI is InChI=1S/C51H70N6O11/c1-5-22-64-24-26-66-28-30-68-31-29-67-27-25-65-23-21-54-51(63)45(32-36(2)3)57-50(62)43-17-16-40(41-9-6-7-10-42(41)43)38-12-14-39(15-13-38)44(34-49(60)61)56-48(59)35-55-47(58)11-8-19-52-46-33-37(4)18-20-53-46/h6-7,9-10,12-18,20,33,36,44-45H,5,8,11,19,21-32,34-35H2,1-4H3,(H,52,53)(H,54,63)(H,55,58)(H,56,59)(H,57,62)(H,60,61). The summed E-state index contributed by atoms with van der Waals surface area (Å²) in [5.41, 5.74) is 3.68. The third-order valence-electron chi connectivity index (χ3n) is 10.5. The molecule has 0 aliphatic carbocycles. The summed E-state index contributed by atoms with van der Waals surface area (Å²) >= 11 is 0. The van der Waals surface area contributed by atoms with Crippen molar-refractivity contribution in [2.75, 3.05) is 91.0 Å². The molecule has 2 atom stereocenters. The van der Waals surface area contributed by atoms with Crippen LogP contribution in [0.5, 0.6) is 0 Å². The first-order chi connectivity index (χ1) is 32.9. The zero-order valence-corrected chi connectivity index (χ0v) is 39.9. The second-order valence-corrected chi connectivity index (χ2v) is 16.6. The topological polar surface area (TPSA) is 225 Å². The molecule has 3 aromatic carbocycles. The van der Waals surface area contributed by atoms with Crippen LogP contribution in [0.15, 0.2) is 79.0 Å². The minimum absolute atomic E-state index is 0.124. The average molecular weight is 943 g/mol. The van der Waals surface area contributed by atoms with Crippen molar-refractivity contribution in [3.8, 4) is 11.1 Å². The molecule has 0 radical (unpaired) electrons. The van der Waals surface area contributed by atoms with Gasteiger partial charge in [-0.25, -0.2) is 4.98 Å². The highest BCUT2D eigenvalue weighted by molar-refractivity contribution is 6.11. The number of rotatable bonds is 34. The van der Waals surface area contributed by atoms with Crippen molar-refractivity contribution >= 4 is 46.2 Å². The van der Waals surface area contributed by atoms with Crippen molar-refractivity contribution in [2.24, 2.45) is 5.92 Å². The minimum Gasteiger partial charge on any atom is -0.481 e. The van der Waals surface area contributed by atoms with Crippen LogP contribution in [0.3, 0.4) is 0 Å². The number of aliphatic carboxylic acids is 1. The molecule has 0 saturated carbocycles. The lowest BCUT2D eigenvalue weighted by Gasteiger charge is -2.21. The summed E-state index contributed by atoms with van der Waals surface area (Å²) in [7, 11) is 0. The van der Waals surface area contributed by atoms with E-state index in [0.717, 1.165) is 40.9 Å². The van der Waals surface area contributed by atoms with Crippen molar-refractivity contribution in [1.82, 2.24) is 26.3 Å². The first-order valence-electron chi connectivity index (χ1n) is 23.5. The Morgan fingerprint density at radius 1 is 0.691 bits per heavy atom. The summed E-state index contributed by atoms with van der Waals surface area (Å²) in [4.78, 5) is 68.6. The fourth-order valence-electron chi connectivity index (χ4n) is 7.12. The SMILES string of the molecule is CCCOCCOCCOCCOCCOCCNC(=O)C(CC(C)C)NC(=O)c1ccc(-c2ccc(C(CC(=O)O)NC(=O)CNC(=O)CCCNc3cc(C)ccn3)cc2)c2ccccc12. The van der Waals surface area contributed by atoms with Gasteiger partial charge in [-0.1, -0.05) is 75.4 Å². The lowest BCUT2D eigenvalue weighted by Crippen LogP contribution is -2.48. The molecule has 0 spiro atoms. The Kier molecular flexibility index (Phi) is 25.0. The molecular formula is C51H70N6O11. The Morgan fingerprint density at radius 2 is 1.32 bits per heavy atom. The van der Waals surface area contributed by atoms with Gasteiger partial charge < -0.3 is 55.4 Å². The quantitative estimate of drug-likeness (QED) is 0.0314. The van der Waals surface area contributed by atoms with E-state index < -0.39 is 24.0 Å². The molecule has 6 N–H and O–H groups in total. The molecular weight excluding hydrogens is 873 g/mol. The Labute approximate surface area is 399 Å². The first-order valence-corrected chi connectivity index (χ1v) is 23.5. The lowest BCUT2D eigenvalue weighted by molar-refractivity contribution is -0.138. The summed E-state index contributed by atoms with van der Waals surface area (Å²) in [5, 5.41) is 25.5. The fraction of sp³-hybridized carbons (Fsp3) is 0.490. The van der Waals surface area contributed by atoms with E-state index in [1.807, 2.05) is 75.4 Å². The molecule has 17 heteroatoms. The number of nitrogens with zero attached hydrogens (tertiary/aromatic N) is 1. The number of aryl methyl sites for hydroxylation is 1. The van der Waals surface area contributed by atoms with Gasteiger partial charge in [0.15, 0.2) is 0 Å². The van der Waals surface area contributed by atoms with Crippen LogP contribution in [0, 0.1) is 12.8 Å². The molecule has 0 aliphatic heterocycles. The summed E-state index contributed by atoms with van der Waals surface area (Å²) in [6, 6.07) is 20.4. The number of pyridine rings is 1. The summed E-state index contributed by atoms with van der Waals surface area (Å²) in [6.45, 7) is 13.3. The first kappa shape index (κ1) is 54.6. The zero-order chi connectivity index (χ0) is 48.9. The molecule has 1 heterocycles. The number of carbonyl (C=O) groups excluding carboxylic acids is 4. The summed E-state index contributed by atoms with van der Waals surface area (Å²) in [5.74, 6) is -1.76. The molecule has 2 unspecified atom stereocenters. The number of carboxylic acid groups (broad SMARTS) is 1. The van der Waals surface area contributed by atoms with Gasteiger partial charge in [-0.15, -0.1) is 0 Å². The van der Waals surface area contributed by atoms with E-state index >= 15 is 0 Å². The number of fused-ring (bicyclic) bond motifs is 1. The largest absolute Gasteiger partial charge is 0.481 e. The van der Waals surface area contributed by atoms with Crippen LogP contribution >= 0.6 is 0 Å². The van der Waals surface area contributed by atoms with Crippen LogP contribution in [0.2, 0.25) is 0 Å². The van der Waals surface area contributed by atoms with E-state index in [-0.39, 0.29) is 56.2 Å². The van der Waals surface area contributed by atoms with Gasteiger partial charge >= 0.3 is 5.97 Å². The summed E-state index contributed by atoms with van der Waals surface area (Å²) < 4.78 is 27.5. The maximum absolute atomic E-state index is 13.9. The van der Waals surface area contributed by atoms with E-state index in [1.165, 1.54) is 0 Å². The van der Waals surface area contributed by atoms with Gasteiger partial charge in [0.25, 0.3) is 5.91 Å². The number of ether oxygens (including phenoxy) is 5. The van der Waals surface area contributed by atoms with Crippen LogP contribution in [0.4, 0.5) is 5.82 Å². The number of amides is 4. The number of carbonyl (C=O) groups is 5. The van der Waals surface area contributed by atoms with E-state index in [1.54, 1.807) is 24.4 Å². The Bertz CT molecular complexity index is 2170. The minimum atomic E-state index is -1.10. The average Bonchev–Trinajstić information content (AvgIpc) is 3.32. The fourth-order valence-corrected chi connectivity index (χ4v) is 7.12. The smallest absolute Gasteiger partial charge is 0.305 e. The third-order valence-corrected chi connectivity index (χ3v) is 10.5. The highest BCUT2D eigenvalue weighted by Gasteiger charge is 2.24. The second-order valence-electron chi connectivity index (χ2n) is 16.6. The monoisotopic (exact) mass is 943 g/mol. The van der Waals surface area contributed by atoms with Gasteiger partial charge in [-0.3, -0.25) is 24.0 Å². The molecule has 370 valence electrons. The van der Waals surface area contributed by atoms with Crippen molar-refractivity contribution in [2.45, 2.75) is 71.9 Å². The second kappa shape index (κ2) is 31.1. The molecule has 0 aliphatic rings. The van der Waals surface area contributed by atoms with Crippen LogP contribution in [-0.4, -0.2) is 131 Å². The number of aromatic nitrogens is 1. The highest BCUT2D eigenvalue weighted by atomic mass is 16.6. The van der Waals surface area contributed by atoms with Gasteiger partial charge in [0.1, 0.15) is 11.9 Å². The van der Waals surface area contributed by atoms with Crippen molar-refractivity contribution in [3.63, 3.8) is 0 Å². The predicted molar refractivity (Wildman–Crippen MR) is 260 cm³/mol.